The number of pyridine rings is 1. The maximum absolute atomic E-state index is 12.1. The number of amides is 1. The molecule has 2 N–H and O–H groups in total. The minimum absolute atomic E-state index is 0.0632. The maximum atomic E-state index is 12.1. The van der Waals surface area contributed by atoms with Gasteiger partial charge in [-0.05, 0) is 19.1 Å². The Morgan fingerprint density at radius 1 is 1.65 bits per heavy atom. The van der Waals surface area contributed by atoms with Crippen LogP contribution in [-0.4, -0.2) is 42.6 Å². The van der Waals surface area contributed by atoms with Crippen molar-refractivity contribution in [2.45, 2.75) is 13.0 Å². The van der Waals surface area contributed by atoms with E-state index in [4.69, 9.17) is 22.1 Å². The van der Waals surface area contributed by atoms with Crippen LogP contribution in [-0.2, 0) is 4.74 Å². The zero-order chi connectivity index (χ0) is 13.0. The average molecular weight is 258 g/mol. The van der Waals surface area contributed by atoms with Crippen LogP contribution in [0.4, 0.5) is 5.82 Å². The Bertz CT molecular complexity index is 412. The van der Waals surface area contributed by atoms with Crippen LogP contribution < -0.4 is 5.73 Å². The zero-order valence-corrected chi connectivity index (χ0v) is 10.9. The Kier molecular flexibility index (Phi) is 4.72. The van der Waals surface area contributed by atoms with Crippen LogP contribution in [0, 0.1) is 0 Å². The second kappa shape index (κ2) is 5.84. The molecule has 94 valence electrons. The highest BCUT2D eigenvalue weighted by Crippen LogP contribution is 2.17. The number of nitrogens with zero attached hydrogens (tertiary/aromatic N) is 2. The SMILES string of the molecule is COCC(C)N(C)C(=O)c1nc(N)ccc1Cl. The Hall–Kier alpha value is -1.33. The van der Waals surface area contributed by atoms with Crippen LogP contribution in [0.25, 0.3) is 0 Å². The molecule has 1 heterocycles. The summed E-state index contributed by atoms with van der Waals surface area (Å²) in [7, 11) is 3.26. The number of nitrogens with two attached hydrogens (primary N) is 1. The van der Waals surface area contributed by atoms with Crippen molar-refractivity contribution in [3.8, 4) is 0 Å². The van der Waals surface area contributed by atoms with Gasteiger partial charge in [0.25, 0.3) is 5.91 Å². The van der Waals surface area contributed by atoms with Gasteiger partial charge in [0.2, 0.25) is 0 Å². The highest BCUT2D eigenvalue weighted by atomic mass is 35.5. The summed E-state index contributed by atoms with van der Waals surface area (Å²) in [6.07, 6.45) is 0. The number of nitrogen functional groups attached to an aromatic ring is 1. The lowest BCUT2D eigenvalue weighted by molar-refractivity contribution is 0.0628. The number of hydrogen-bond donors (Lipinski definition) is 1. The summed E-state index contributed by atoms with van der Waals surface area (Å²) in [6.45, 7) is 2.32. The van der Waals surface area contributed by atoms with Crippen molar-refractivity contribution in [2.24, 2.45) is 0 Å². The molecule has 0 bridgehead atoms. The molecule has 1 amide bonds. The van der Waals surface area contributed by atoms with Crippen molar-refractivity contribution >= 4 is 23.3 Å². The van der Waals surface area contributed by atoms with Crippen LogP contribution in [0.5, 0.6) is 0 Å². The maximum Gasteiger partial charge on any atom is 0.274 e. The number of anilines is 1. The molecule has 0 saturated heterocycles. The minimum atomic E-state index is -0.271. The van der Waals surface area contributed by atoms with E-state index < -0.39 is 0 Å². The molecule has 1 unspecified atom stereocenters. The summed E-state index contributed by atoms with van der Waals surface area (Å²) in [4.78, 5) is 17.6. The molecule has 1 rings (SSSR count). The molecule has 5 nitrogen and oxygen atoms in total. The van der Waals surface area contributed by atoms with Gasteiger partial charge in [-0.25, -0.2) is 4.98 Å². The number of rotatable bonds is 4. The van der Waals surface area contributed by atoms with Crippen LogP contribution in [0.1, 0.15) is 17.4 Å². The van der Waals surface area contributed by atoms with Gasteiger partial charge >= 0.3 is 0 Å². The van der Waals surface area contributed by atoms with E-state index >= 15 is 0 Å². The number of hydrogen-bond acceptors (Lipinski definition) is 4. The summed E-state index contributed by atoms with van der Waals surface area (Å²) in [5.74, 6) is -0.00241. The molecule has 0 fully saturated rings. The monoisotopic (exact) mass is 257 g/mol. The van der Waals surface area contributed by atoms with E-state index in [1.165, 1.54) is 4.90 Å². The largest absolute Gasteiger partial charge is 0.384 e. The molecule has 0 aliphatic heterocycles. The molecular weight excluding hydrogens is 242 g/mol. The molecule has 0 aromatic carbocycles. The number of carbonyl (C=O) groups is 1. The van der Waals surface area contributed by atoms with Gasteiger partial charge in [0.05, 0.1) is 17.7 Å². The third-order valence-corrected chi connectivity index (χ3v) is 2.76. The summed E-state index contributed by atoms with van der Waals surface area (Å²) in [6, 6.07) is 3.05. The third-order valence-electron chi connectivity index (χ3n) is 2.46. The van der Waals surface area contributed by atoms with Gasteiger partial charge in [-0.2, -0.15) is 0 Å². The van der Waals surface area contributed by atoms with Gasteiger partial charge in [0, 0.05) is 14.2 Å². The van der Waals surface area contributed by atoms with E-state index in [9.17, 15) is 4.79 Å². The summed E-state index contributed by atoms with van der Waals surface area (Å²) < 4.78 is 4.99. The van der Waals surface area contributed by atoms with E-state index in [0.29, 0.717) is 11.6 Å². The van der Waals surface area contributed by atoms with Crippen molar-refractivity contribution in [3.63, 3.8) is 0 Å². The first kappa shape index (κ1) is 13.7. The molecule has 0 saturated carbocycles. The summed E-state index contributed by atoms with van der Waals surface area (Å²) >= 11 is 5.92. The van der Waals surface area contributed by atoms with E-state index in [2.05, 4.69) is 4.98 Å². The lowest BCUT2D eigenvalue weighted by Gasteiger charge is -2.24. The number of aromatic nitrogens is 1. The zero-order valence-electron chi connectivity index (χ0n) is 10.1. The third kappa shape index (κ3) is 3.31. The van der Waals surface area contributed by atoms with Crippen LogP contribution in [0.15, 0.2) is 12.1 Å². The second-order valence-electron chi connectivity index (χ2n) is 3.79. The molecule has 6 heteroatoms. The van der Waals surface area contributed by atoms with Gasteiger partial charge in [0.1, 0.15) is 11.5 Å². The highest BCUT2D eigenvalue weighted by molar-refractivity contribution is 6.33. The van der Waals surface area contributed by atoms with Crippen molar-refractivity contribution in [3.05, 3.63) is 22.8 Å². The lowest BCUT2D eigenvalue weighted by atomic mass is 10.2. The Morgan fingerprint density at radius 3 is 2.88 bits per heavy atom. The number of carbonyl (C=O) groups excluding carboxylic acids is 1. The van der Waals surface area contributed by atoms with Crippen molar-refractivity contribution in [2.75, 3.05) is 26.5 Å². The normalized spacial score (nSPS) is 12.2. The van der Waals surface area contributed by atoms with Gasteiger partial charge in [0.15, 0.2) is 0 Å². The van der Waals surface area contributed by atoms with Gasteiger partial charge in [-0.3, -0.25) is 4.79 Å². The number of likely N-dealkylation sites (N-methyl/N-ethyl adjacent to an activating group) is 1. The first-order valence-corrected chi connectivity index (χ1v) is 5.53. The minimum Gasteiger partial charge on any atom is -0.384 e. The fraction of sp³-hybridized carbons (Fsp3) is 0.455. The van der Waals surface area contributed by atoms with E-state index in [1.807, 2.05) is 6.92 Å². The molecule has 17 heavy (non-hydrogen) atoms. The fourth-order valence-corrected chi connectivity index (χ4v) is 1.51. The first-order chi connectivity index (χ1) is 7.97. The molecule has 0 aliphatic rings. The predicted molar refractivity (Wildman–Crippen MR) is 67.1 cm³/mol. The Labute approximate surface area is 106 Å². The van der Waals surface area contributed by atoms with Gasteiger partial charge < -0.3 is 15.4 Å². The first-order valence-electron chi connectivity index (χ1n) is 5.15. The molecule has 0 radical (unpaired) electrons. The summed E-state index contributed by atoms with van der Waals surface area (Å²) in [5, 5.41) is 0.292. The number of methoxy groups -OCH3 is 1. The van der Waals surface area contributed by atoms with E-state index in [-0.39, 0.29) is 23.5 Å². The van der Waals surface area contributed by atoms with E-state index in [1.54, 1.807) is 26.3 Å². The number of ether oxygens (including phenoxy) is 1. The van der Waals surface area contributed by atoms with Crippen molar-refractivity contribution < 1.29 is 9.53 Å². The molecule has 1 atom stereocenters. The lowest BCUT2D eigenvalue weighted by Crippen LogP contribution is -2.38. The van der Waals surface area contributed by atoms with Crippen LogP contribution >= 0.6 is 11.6 Å². The van der Waals surface area contributed by atoms with E-state index in [0.717, 1.165) is 0 Å². The molecular formula is C11H16ClN3O2. The molecule has 0 aliphatic carbocycles. The Balaban J connectivity index is 2.92. The van der Waals surface area contributed by atoms with Crippen molar-refractivity contribution in [1.82, 2.24) is 9.88 Å². The molecule has 1 aromatic heterocycles. The van der Waals surface area contributed by atoms with Gasteiger partial charge in [-0.15, -0.1) is 0 Å². The van der Waals surface area contributed by atoms with Crippen LogP contribution in [0.2, 0.25) is 5.02 Å². The second-order valence-corrected chi connectivity index (χ2v) is 4.19. The predicted octanol–water partition coefficient (Wildman–Crippen LogP) is 1.42. The molecule has 0 spiro atoms. The average Bonchev–Trinajstić information content (AvgIpc) is 2.30. The Morgan fingerprint density at radius 2 is 2.29 bits per heavy atom. The summed E-state index contributed by atoms with van der Waals surface area (Å²) in [5.41, 5.74) is 5.70. The van der Waals surface area contributed by atoms with Gasteiger partial charge in [-0.1, -0.05) is 11.6 Å². The highest BCUT2D eigenvalue weighted by Gasteiger charge is 2.21. The quantitative estimate of drug-likeness (QED) is 0.886. The molecule has 1 aromatic rings. The van der Waals surface area contributed by atoms with Crippen LogP contribution in [0.3, 0.4) is 0 Å². The number of halogens is 1. The fourth-order valence-electron chi connectivity index (χ4n) is 1.33. The standard InChI is InChI=1S/C11H16ClN3O2/c1-7(6-17-3)15(2)11(16)10-8(12)4-5-9(13)14-10/h4-5,7H,6H2,1-3H3,(H2,13,14). The topological polar surface area (TPSA) is 68.5 Å². The smallest absolute Gasteiger partial charge is 0.274 e. The van der Waals surface area contributed by atoms with Crippen molar-refractivity contribution in [1.29, 1.82) is 0 Å².